The van der Waals surface area contributed by atoms with Gasteiger partial charge in [-0.25, -0.2) is 0 Å². The normalized spacial score (nSPS) is 22.8. The number of hydrogen-bond acceptors (Lipinski definition) is 5. The van der Waals surface area contributed by atoms with Gasteiger partial charge in [0.05, 0.1) is 17.2 Å². The van der Waals surface area contributed by atoms with Crippen LogP contribution in [-0.4, -0.2) is 36.1 Å². The maximum absolute atomic E-state index is 13.1. The fraction of sp³-hybridized carbons (Fsp3) is 0.619. The van der Waals surface area contributed by atoms with Crippen LogP contribution in [0.15, 0.2) is 18.2 Å². The van der Waals surface area contributed by atoms with Crippen molar-refractivity contribution >= 4 is 23.2 Å². The smallest absolute Gasteiger partial charge is 0.259 e. The van der Waals surface area contributed by atoms with Crippen molar-refractivity contribution < 1.29 is 19.4 Å². The number of ether oxygens (including phenoxy) is 2. The van der Waals surface area contributed by atoms with Crippen LogP contribution in [0.3, 0.4) is 0 Å². The molecule has 1 aliphatic heterocycles. The van der Waals surface area contributed by atoms with Gasteiger partial charge in [-0.1, -0.05) is 30.9 Å². The van der Waals surface area contributed by atoms with Crippen LogP contribution >= 0.6 is 11.6 Å². The molecule has 1 aromatic carbocycles. The molecule has 1 aliphatic carbocycles. The summed E-state index contributed by atoms with van der Waals surface area (Å²) in [5.41, 5.74) is -0.862. The number of nitrogens with one attached hydrogen (secondary N) is 1. The molecule has 6 nitrogen and oxygen atoms in total. The highest BCUT2D eigenvalue weighted by atomic mass is 35.5. The first kappa shape index (κ1) is 21.1. The molecule has 1 aromatic rings. The van der Waals surface area contributed by atoms with Crippen molar-refractivity contribution in [3.8, 4) is 6.07 Å². The number of nitriles is 1. The fourth-order valence-electron chi connectivity index (χ4n) is 3.93. The average Bonchev–Trinajstić information content (AvgIpc) is 2.73. The van der Waals surface area contributed by atoms with E-state index in [0.29, 0.717) is 17.9 Å². The van der Waals surface area contributed by atoms with Gasteiger partial charge in [0, 0.05) is 12.3 Å². The molecular weight excluding hydrogens is 380 g/mol. The average molecular weight is 407 g/mol. The Morgan fingerprint density at radius 3 is 2.68 bits per heavy atom. The summed E-state index contributed by atoms with van der Waals surface area (Å²) in [7, 11) is 0. The Morgan fingerprint density at radius 1 is 1.29 bits per heavy atom. The number of aliphatic hydroxyl groups is 1. The van der Waals surface area contributed by atoms with Crippen molar-refractivity contribution in [3.63, 3.8) is 0 Å². The number of nitrogens with zero attached hydrogens (tertiary/aromatic N) is 1. The van der Waals surface area contributed by atoms with Crippen LogP contribution in [0.5, 0.6) is 0 Å². The van der Waals surface area contributed by atoms with Gasteiger partial charge in [0.1, 0.15) is 6.07 Å². The van der Waals surface area contributed by atoms with Crippen LogP contribution in [0.1, 0.15) is 56.9 Å². The lowest BCUT2D eigenvalue weighted by Crippen LogP contribution is -2.54. The van der Waals surface area contributed by atoms with E-state index in [9.17, 15) is 9.90 Å². The molecular formula is C21H27ClN2O4. The highest BCUT2D eigenvalue weighted by molar-refractivity contribution is 6.32. The van der Waals surface area contributed by atoms with Crippen molar-refractivity contribution in [2.75, 3.05) is 18.5 Å². The first-order valence-corrected chi connectivity index (χ1v) is 10.4. The Bertz CT molecular complexity index is 724. The summed E-state index contributed by atoms with van der Waals surface area (Å²) in [4.78, 5) is 13.1. The van der Waals surface area contributed by atoms with Gasteiger partial charge in [0.25, 0.3) is 5.91 Å². The van der Waals surface area contributed by atoms with E-state index in [4.69, 9.17) is 26.3 Å². The number of hydrogen-bond donors (Lipinski definition) is 2. The lowest BCUT2D eigenvalue weighted by atomic mass is 9.76. The molecule has 0 bridgehead atoms. The van der Waals surface area contributed by atoms with Crippen LogP contribution in [0.25, 0.3) is 0 Å². The summed E-state index contributed by atoms with van der Waals surface area (Å²) in [6.07, 6.45) is 7.08. The zero-order chi connectivity index (χ0) is 20.0. The molecule has 1 saturated carbocycles. The molecule has 1 heterocycles. The second-order valence-electron chi connectivity index (χ2n) is 7.63. The van der Waals surface area contributed by atoms with E-state index < -0.39 is 11.5 Å². The van der Waals surface area contributed by atoms with E-state index in [2.05, 4.69) is 5.32 Å². The first-order valence-electron chi connectivity index (χ1n) is 9.99. The quantitative estimate of drug-likeness (QED) is 0.744. The number of amides is 1. The molecule has 3 rings (SSSR count). The van der Waals surface area contributed by atoms with Gasteiger partial charge in [-0.15, -0.1) is 0 Å². The number of benzene rings is 1. The van der Waals surface area contributed by atoms with Crippen molar-refractivity contribution in [1.29, 1.82) is 5.26 Å². The maximum atomic E-state index is 13.1. The summed E-state index contributed by atoms with van der Waals surface area (Å²) in [6.45, 7) is 0.542. The summed E-state index contributed by atoms with van der Waals surface area (Å²) in [5, 5.41) is 23.4. The monoisotopic (exact) mass is 406 g/mol. The number of anilines is 1. The van der Waals surface area contributed by atoms with Gasteiger partial charge in [0.2, 0.25) is 0 Å². The molecule has 2 aliphatic rings. The summed E-state index contributed by atoms with van der Waals surface area (Å²) < 4.78 is 11.4. The zero-order valence-corrected chi connectivity index (χ0v) is 16.7. The van der Waals surface area contributed by atoms with E-state index in [1.807, 2.05) is 6.07 Å². The largest absolute Gasteiger partial charge is 0.377 e. The molecule has 152 valence electrons. The molecule has 2 atom stereocenters. The third-order valence-corrected chi connectivity index (χ3v) is 5.96. The van der Waals surface area contributed by atoms with Gasteiger partial charge < -0.3 is 19.9 Å². The van der Waals surface area contributed by atoms with Crippen LogP contribution in [-0.2, 0) is 14.3 Å². The highest BCUT2D eigenvalue weighted by Gasteiger charge is 2.45. The summed E-state index contributed by atoms with van der Waals surface area (Å²) in [6, 6.07) is 6.66. The van der Waals surface area contributed by atoms with Gasteiger partial charge in [-0.3, -0.25) is 4.79 Å². The predicted molar refractivity (Wildman–Crippen MR) is 106 cm³/mol. The number of carbonyl (C=O) groups excluding carboxylic acids is 1. The highest BCUT2D eigenvalue weighted by Crippen LogP contribution is 2.35. The second-order valence-corrected chi connectivity index (χ2v) is 8.03. The van der Waals surface area contributed by atoms with Crippen molar-refractivity contribution in [3.05, 3.63) is 28.8 Å². The molecule has 1 saturated heterocycles. The lowest BCUT2D eigenvalue weighted by Gasteiger charge is -2.38. The van der Waals surface area contributed by atoms with E-state index in [-0.39, 0.29) is 23.8 Å². The molecule has 1 amide bonds. The Kier molecular flexibility index (Phi) is 7.30. The molecule has 0 spiro atoms. The van der Waals surface area contributed by atoms with Crippen molar-refractivity contribution in [1.82, 2.24) is 0 Å². The van der Waals surface area contributed by atoms with E-state index in [1.54, 1.807) is 12.1 Å². The standard InChI is InChI=1S/C21H27ClN2O4/c22-18-12-17(10-9-15(18)13-23)24-20(25)21(26,16-6-2-1-3-7-16)14-28-19-8-4-5-11-27-19/h9-10,12,16,19,26H,1-8,11,14H2,(H,24,25). The van der Waals surface area contributed by atoms with Crippen LogP contribution in [0.4, 0.5) is 5.69 Å². The topological polar surface area (TPSA) is 91.6 Å². The Morgan fingerprint density at radius 2 is 2.04 bits per heavy atom. The van der Waals surface area contributed by atoms with E-state index in [1.165, 1.54) is 6.07 Å². The SMILES string of the molecule is N#Cc1ccc(NC(=O)C(O)(COC2CCCCO2)C2CCCCC2)cc1Cl. The molecule has 7 heteroatoms. The molecule has 2 fully saturated rings. The minimum Gasteiger partial charge on any atom is -0.377 e. The zero-order valence-electron chi connectivity index (χ0n) is 16.0. The van der Waals surface area contributed by atoms with Crippen molar-refractivity contribution in [2.45, 2.75) is 63.3 Å². The van der Waals surface area contributed by atoms with Crippen LogP contribution in [0.2, 0.25) is 5.02 Å². The Balaban J connectivity index is 1.73. The van der Waals surface area contributed by atoms with Crippen LogP contribution < -0.4 is 5.32 Å². The first-order chi connectivity index (χ1) is 13.5. The lowest BCUT2D eigenvalue weighted by molar-refractivity contribution is -0.201. The molecule has 2 unspecified atom stereocenters. The Labute approximate surface area is 170 Å². The number of carbonyl (C=O) groups is 1. The minimum absolute atomic E-state index is 0.0990. The summed E-state index contributed by atoms with van der Waals surface area (Å²) in [5.74, 6) is -0.672. The predicted octanol–water partition coefficient (Wildman–Crippen LogP) is 4.00. The van der Waals surface area contributed by atoms with E-state index >= 15 is 0 Å². The van der Waals surface area contributed by atoms with Gasteiger partial charge in [-0.05, 0) is 56.2 Å². The number of halogens is 1. The van der Waals surface area contributed by atoms with E-state index in [0.717, 1.165) is 51.4 Å². The molecule has 0 radical (unpaired) electrons. The van der Waals surface area contributed by atoms with Gasteiger partial charge >= 0.3 is 0 Å². The second kappa shape index (κ2) is 9.71. The number of rotatable bonds is 6. The minimum atomic E-state index is -1.64. The third kappa shape index (κ3) is 5.03. The van der Waals surface area contributed by atoms with Gasteiger partial charge in [-0.2, -0.15) is 5.26 Å². The van der Waals surface area contributed by atoms with Crippen molar-refractivity contribution in [2.24, 2.45) is 5.92 Å². The molecule has 28 heavy (non-hydrogen) atoms. The summed E-state index contributed by atoms with van der Waals surface area (Å²) >= 11 is 6.06. The maximum Gasteiger partial charge on any atom is 0.259 e. The Hall–Kier alpha value is -1.65. The van der Waals surface area contributed by atoms with Crippen LogP contribution in [0, 0.1) is 17.2 Å². The molecule has 0 aromatic heterocycles. The fourth-order valence-corrected chi connectivity index (χ4v) is 4.16. The van der Waals surface area contributed by atoms with Gasteiger partial charge in [0.15, 0.2) is 11.9 Å². The molecule has 2 N–H and O–H groups in total. The third-order valence-electron chi connectivity index (χ3n) is 5.65.